The van der Waals surface area contributed by atoms with Gasteiger partial charge in [-0.2, -0.15) is 5.10 Å². The van der Waals surface area contributed by atoms with Crippen molar-refractivity contribution in [3.05, 3.63) is 95.6 Å². The molecule has 1 aromatic heterocycles. The first-order valence-corrected chi connectivity index (χ1v) is 14.6. The number of nitrogens with zero attached hydrogens (tertiary/aromatic N) is 3. The molecule has 2 atom stereocenters. The molecule has 2 amide bonds. The predicted octanol–water partition coefficient (Wildman–Crippen LogP) is 5.94. The quantitative estimate of drug-likeness (QED) is 0.292. The zero-order chi connectivity index (χ0) is 28.2. The number of nitrogens with one attached hydrogen (secondary N) is 1. The van der Waals surface area contributed by atoms with Crippen molar-refractivity contribution in [2.24, 2.45) is 0 Å². The van der Waals surface area contributed by atoms with Crippen LogP contribution in [0.2, 0.25) is 0 Å². The molecule has 2 heterocycles. The van der Waals surface area contributed by atoms with E-state index < -0.39 is 0 Å². The minimum absolute atomic E-state index is 0.00882. The summed E-state index contributed by atoms with van der Waals surface area (Å²) in [6, 6.07) is 25.9. The summed E-state index contributed by atoms with van der Waals surface area (Å²) in [4.78, 5) is 28.6. The van der Waals surface area contributed by atoms with Gasteiger partial charge in [0.15, 0.2) is 0 Å². The second-order valence-corrected chi connectivity index (χ2v) is 11.1. The van der Waals surface area contributed by atoms with Gasteiger partial charge in [-0.1, -0.05) is 61.5 Å². The molecule has 1 N–H and O–H groups in total. The van der Waals surface area contributed by atoms with E-state index in [0.717, 1.165) is 45.8 Å². The van der Waals surface area contributed by atoms with Gasteiger partial charge in [-0.05, 0) is 55.7 Å². The molecule has 0 radical (unpaired) electrons. The van der Waals surface area contributed by atoms with Crippen LogP contribution in [0.1, 0.15) is 42.2 Å². The van der Waals surface area contributed by atoms with E-state index in [2.05, 4.69) is 24.4 Å². The van der Waals surface area contributed by atoms with Gasteiger partial charge in [0.2, 0.25) is 11.8 Å². The van der Waals surface area contributed by atoms with Crippen LogP contribution in [0.15, 0.2) is 78.9 Å². The number of rotatable bonds is 8. The van der Waals surface area contributed by atoms with Crippen LogP contribution in [-0.2, 0) is 9.59 Å². The first-order chi connectivity index (χ1) is 19.4. The molecule has 206 valence electrons. The highest BCUT2D eigenvalue weighted by Gasteiger charge is 2.38. The van der Waals surface area contributed by atoms with Gasteiger partial charge in [-0.3, -0.25) is 14.5 Å². The molecular formula is C32H34N4O3S. The predicted molar refractivity (Wildman–Crippen MR) is 161 cm³/mol. The van der Waals surface area contributed by atoms with E-state index in [1.54, 1.807) is 23.8 Å². The maximum Gasteiger partial charge on any atom is 0.240 e. The monoisotopic (exact) mass is 554 g/mol. The van der Waals surface area contributed by atoms with Crippen LogP contribution in [0.4, 0.5) is 5.82 Å². The molecule has 3 aromatic carbocycles. The lowest BCUT2D eigenvalue weighted by Crippen LogP contribution is -2.44. The van der Waals surface area contributed by atoms with Crippen molar-refractivity contribution in [1.29, 1.82) is 0 Å². The number of hydrogen-bond donors (Lipinski definition) is 1. The molecule has 0 saturated carbocycles. The Morgan fingerprint density at radius 1 is 1.07 bits per heavy atom. The summed E-state index contributed by atoms with van der Waals surface area (Å²) in [7, 11) is 1.63. The fraction of sp³-hybridized carbons (Fsp3) is 0.281. The first-order valence-electron chi connectivity index (χ1n) is 13.5. The third-order valence-electron chi connectivity index (χ3n) is 7.25. The number of amides is 2. The second kappa shape index (κ2) is 12.0. The number of methoxy groups -OCH3 is 1. The number of fused-ring (bicyclic) bond motifs is 1. The molecule has 1 aliphatic heterocycles. The highest BCUT2D eigenvalue weighted by Crippen LogP contribution is 2.49. The van der Waals surface area contributed by atoms with Gasteiger partial charge in [0.1, 0.15) is 18.1 Å². The lowest BCUT2D eigenvalue weighted by molar-refractivity contribution is -0.123. The van der Waals surface area contributed by atoms with Crippen LogP contribution in [0.5, 0.6) is 5.75 Å². The van der Waals surface area contributed by atoms with E-state index in [-0.39, 0.29) is 35.4 Å². The minimum Gasteiger partial charge on any atom is -0.497 e. The van der Waals surface area contributed by atoms with Crippen molar-refractivity contribution < 1.29 is 14.3 Å². The maximum absolute atomic E-state index is 13.8. The van der Waals surface area contributed by atoms with Crippen molar-refractivity contribution in [3.63, 3.8) is 0 Å². The van der Waals surface area contributed by atoms with Crippen LogP contribution < -0.4 is 15.0 Å². The van der Waals surface area contributed by atoms with Crippen LogP contribution in [0, 0.1) is 6.92 Å². The molecule has 1 aliphatic rings. The molecule has 40 heavy (non-hydrogen) atoms. The summed E-state index contributed by atoms with van der Waals surface area (Å²) in [5.41, 5.74) is 5.69. The van der Waals surface area contributed by atoms with Crippen molar-refractivity contribution in [2.75, 3.05) is 24.3 Å². The molecule has 7 nitrogen and oxygen atoms in total. The summed E-state index contributed by atoms with van der Waals surface area (Å²) in [5, 5.41) is 8.01. The van der Waals surface area contributed by atoms with Crippen LogP contribution in [0.25, 0.3) is 16.9 Å². The van der Waals surface area contributed by atoms with E-state index in [1.165, 1.54) is 0 Å². The fourth-order valence-corrected chi connectivity index (χ4v) is 6.22. The zero-order valence-corrected chi connectivity index (χ0v) is 24.1. The molecular weight excluding hydrogens is 520 g/mol. The lowest BCUT2D eigenvalue weighted by Gasteiger charge is -2.24. The van der Waals surface area contributed by atoms with Crippen LogP contribution in [0.3, 0.4) is 0 Å². The van der Waals surface area contributed by atoms with Gasteiger partial charge in [0, 0.05) is 17.2 Å². The minimum atomic E-state index is -0.197. The molecule has 0 saturated heterocycles. The maximum atomic E-state index is 13.8. The Morgan fingerprint density at radius 2 is 1.77 bits per heavy atom. The van der Waals surface area contributed by atoms with E-state index in [9.17, 15) is 9.59 Å². The number of hydrogen-bond acceptors (Lipinski definition) is 5. The van der Waals surface area contributed by atoms with E-state index in [1.807, 2.05) is 85.3 Å². The highest BCUT2D eigenvalue weighted by atomic mass is 32.2. The average Bonchev–Trinajstić information content (AvgIpc) is 3.31. The van der Waals surface area contributed by atoms with Gasteiger partial charge in [0.05, 0.1) is 29.5 Å². The molecule has 2 unspecified atom stereocenters. The number of thioether (sulfide) groups is 1. The number of anilines is 1. The van der Waals surface area contributed by atoms with E-state index in [0.29, 0.717) is 5.82 Å². The lowest BCUT2D eigenvalue weighted by atomic mass is 9.97. The van der Waals surface area contributed by atoms with Crippen molar-refractivity contribution in [3.8, 4) is 22.7 Å². The molecule has 0 bridgehead atoms. The van der Waals surface area contributed by atoms with Crippen LogP contribution >= 0.6 is 11.8 Å². The largest absolute Gasteiger partial charge is 0.497 e. The van der Waals surface area contributed by atoms with E-state index in [4.69, 9.17) is 9.84 Å². The summed E-state index contributed by atoms with van der Waals surface area (Å²) in [6.45, 7) is 5.99. The van der Waals surface area contributed by atoms with Gasteiger partial charge in [0.25, 0.3) is 0 Å². The van der Waals surface area contributed by atoms with Gasteiger partial charge >= 0.3 is 0 Å². The Labute approximate surface area is 239 Å². The van der Waals surface area contributed by atoms with Crippen molar-refractivity contribution >= 4 is 29.4 Å². The smallest absolute Gasteiger partial charge is 0.240 e. The highest BCUT2D eigenvalue weighted by molar-refractivity contribution is 8.00. The first kappa shape index (κ1) is 27.5. The second-order valence-electron chi connectivity index (χ2n) is 9.97. The Bertz CT molecular complexity index is 1500. The molecule has 8 heteroatoms. The number of carbonyl (C=O) groups is 2. The number of aromatic nitrogens is 2. The normalized spacial score (nSPS) is 15.8. The van der Waals surface area contributed by atoms with Crippen LogP contribution in [-0.4, -0.2) is 47.0 Å². The third-order valence-corrected chi connectivity index (χ3v) is 8.48. The average molecular weight is 555 g/mol. The Hall–Kier alpha value is -4.04. The molecule has 0 aliphatic carbocycles. The third kappa shape index (κ3) is 5.49. The van der Waals surface area contributed by atoms with Crippen molar-refractivity contribution in [2.45, 2.75) is 38.5 Å². The number of benzene rings is 3. The molecule has 5 rings (SSSR count). The Kier molecular flexibility index (Phi) is 8.26. The van der Waals surface area contributed by atoms with E-state index >= 15 is 0 Å². The SMILES string of the molecule is CCC(C)NC(=O)CN1C(=O)CSC(c2ccccc2C)c2c(-c3ccccc3)nn(-c3ccc(OC)cc3)c21. The fourth-order valence-electron chi connectivity index (χ4n) is 4.92. The number of aryl methyl sites for hydroxylation is 1. The zero-order valence-electron chi connectivity index (χ0n) is 23.3. The standard InChI is InChI=1S/C32H34N4O3S/c1-5-22(3)33-27(37)19-35-28(38)20-40-31(26-14-10-9-11-21(26)2)29-30(23-12-7-6-8-13-23)34-36(32(29)35)24-15-17-25(39-4)18-16-24/h6-18,22,31H,5,19-20H2,1-4H3,(H,33,37). The summed E-state index contributed by atoms with van der Waals surface area (Å²) < 4.78 is 7.20. The Morgan fingerprint density at radius 3 is 2.45 bits per heavy atom. The van der Waals surface area contributed by atoms with Crippen molar-refractivity contribution in [1.82, 2.24) is 15.1 Å². The number of ether oxygens (including phenoxy) is 1. The molecule has 4 aromatic rings. The summed E-state index contributed by atoms with van der Waals surface area (Å²) >= 11 is 1.58. The molecule has 0 spiro atoms. The van der Waals surface area contributed by atoms with Gasteiger partial charge in [-0.15, -0.1) is 11.8 Å². The summed E-state index contributed by atoms with van der Waals surface area (Å²) in [5.74, 6) is 1.25. The number of carbonyl (C=O) groups excluding carboxylic acids is 2. The topological polar surface area (TPSA) is 76.5 Å². The Balaban J connectivity index is 1.78. The summed E-state index contributed by atoms with van der Waals surface area (Å²) in [6.07, 6.45) is 0.804. The van der Waals surface area contributed by atoms with Gasteiger partial charge in [-0.25, -0.2) is 4.68 Å². The van der Waals surface area contributed by atoms with Gasteiger partial charge < -0.3 is 10.1 Å². The molecule has 0 fully saturated rings.